The van der Waals surface area contributed by atoms with E-state index in [0.29, 0.717) is 12.7 Å². The predicted octanol–water partition coefficient (Wildman–Crippen LogP) is 2.58. The number of ether oxygens (including phenoxy) is 2. The van der Waals surface area contributed by atoms with Gasteiger partial charge in [-0.2, -0.15) is 0 Å². The van der Waals surface area contributed by atoms with Crippen molar-refractivity contribution in [2.24, 2.45) is 5.73 Å². The molecule has 98 valence electrons. The normalized spacial score (nSPS) is 30.4. The van der Waals surface area contributed by atoms with E-state index in [4.69, 9.17) is 15.2 Å². The first-order valence-electron chi connectivity index (χ1n) is 6.89. The van der Waals surface area contributed by atoms with E-state index in [9.17, 15) is 0 Å². The Kier molecular flexibility index (Phi) is 3.27. The summed E-state index contributed by atoms with van der Waals surface area (Å²) >= 11 is 0. The molecule has 1 aromatic rings. The molecule has 1 aliphatic heterocycles. The molecule has 1 aliphatic carbocycles. The standard InChI is InChI=1S/C15H21NO2/c1-10-2-4-13(18-10)9-17-12-5-6-14-11(8-12)3-7-15(14)16/h5-6,8,10,13,15H,2-4,7,9,16H2,1H3/t10?,13?,15-/m1/s1. The second kappa shape index (κ2) is 4.90. The number of hydrogen-bond acceptors (Lipinski definition) is 3. The van der Waals surface area contributed by atoms with Gasteiger partial charge in [-0.3, -0.25) is 0 Å². The van der Waals surface area contributed by atoms with Crippen LogP contribution in [-0.4, -0.2) is 18.8 Å². The molecular weight excluding hydrogens is 226 g/mol. The van der Waals surface area contributed by atoms with Crippen molar-refractivity contribution < 1.29 is 9.47 Å². The molecule has 0 amide bonds. The summed E-state index contributed by atoms with van der Waals surface area (Å²) in [5.41, 5.74) is 8.66. The first-order valence-corrected chi connectivity index (χ1v) is 6.89. The van der Waals surface area contributed by atoms with Gasteiger partial charge in [-0.25, -0.2) is 0 Å². The smallest absolute Gasteiger partial charge is 0.119 e. The summed E-state index contributed by atoms with van der Waals surface area (Å²) in [7, 11) is 0. The Bertz CT molecular complexity index is 433. The summed E-state index contributed by atoms with van der Waals surface area (Å²) in [4.78, 5) is 0. The van der Waals surface area contributed by atoms with E-state index < -0.39 is 0 Å². The first-order chi connectivity index (χ1) is 8.72. The average Bonchev–Trinajstić information content (AvgIpc) is 2.94. The summed E-state index contributed by atoms with van der Waals surface area (Å²) in [6, 6.07) is 6.50. The van der Waals surface area contributed by atoms with Crippen LogP contribution in [0.2, 0.25) is 0 Å². The van der Waals surface area contributed by atoms with Crippen LogP contribution in [0.25, 0.3) is 0 Å². The zero-order valence-electron chi connectivity index (χ0n) is 10.9. The molecule has 0 saturated carbocycles. The van der Waals surface area contributed by atoms with Crippen molar-refractivity contribution in [3.63, 3.8) is 0 Å². The maximum Gasteiger partial charge on any atom is 0.119 e. The minimum absolute atomic E-state index is 0.216. The van der Waals surface area contributed by atoms with Crippen LogP contribution < -0.4 is 10.5 Å². The van der Waals surface area contributed by atoms with Crippen molar-refractivity contribution in [1.82, 2.24) is 0 Å². The van der Waals surface area contributed by atoms with Gasteiger partial charge in [0.2, 0.25) is 0 Å². The third-order valence-electron chi connectivity index (χ3n) is 3.99. The fraction of sp³-hybridized carbons (Fsp3) is 0.600. The van der Waals surface area contributed by atoms with Crippen LogP contribution >= 0.6 is 0 Å². The van der Waals surface area contributed by atoms with Crippen LogP contribution in [0.15, 0.2) is 18.2 Å². The van der Waals surface area contributed by atoms with E-state index >= 15 is 0 Å². The van der Waals surface area contributed by atoms with Gasteiger partial charge in [0, 0.05) is 6.04 Å². The predicted molar refractivity (Wildman–Crippen MR) is 70.8 cm³/mol. The Hall–Kier alpha value is -1.06. The molecule has 0 spiro atoms. The number of aryl methyl sites for hydroxylation is 1. The molecule has 0 radical (unpaired) electrons. The highest BCUT2D eigenvalue weighted by atomic mass is 16.5. The quantitative estimate of drug-likeness (QED) is 0.893. The Labute approximate surface area is 108 Å². The highest BCUT2D eigenvalue weighted by Gasteiger charge is 2.23. The fourth-order valence-corrected chi connectivity index (χ4v) is 2.91. The molecule has 1 saturated heterocycles. The van der Waals surface area contributed by atoms with Gasteiger partial charge >= 0.3 is 0 Å². The zero-order valence-corrected chi connectivity index (χ0v) is 10.9. The molecule has 18 heavy (non-hydrogen) atoms. The van der Waals surface area contributed by atoms with E-state index in [1.807, 2.05) is 6.07 Å². The summed E-state index contributed by atoms with van der Waals surface area (Å²) < 4.78 is 11.6. The lowest BCUT2D eigenvalue weighted by atomic mass is 10.1. The SMILES string of the molecule is CC1CCC(COc2ccc3c(c2)CC[C@H]3N)O1. The lowest BCUT2D eigenvalue weighted by Crippen LogP contribution is -2.17. The summed E-state index contributed by atoms with van der Waals surface area (Å²) in [5.74, 6) is 0.950. The second-order valence-corrected chi connectivity index (χ2v) is 5.46. The molecule has 1 heterocycles. The van der Waals surface area contributed by atoms with Gasteiger partial charge in [-0.15, -0.1) is 0 Å². The van der Waals surface area contributed by atoms with E-state index in [1.165, 1.54) is 11.1 Å². The van der Waals surface area contributed by atoms with Gasteiger partial charge in [0.25, 0.3) is 0 Å². The number of hydrogen-bond donors (Lipinski definition) is 1. The summed E-state index contributed by atoms with van der Waals surface area (Å²) in [6.45, 7) is 2.78. The van der Waals surface area contributed by atoms with E-state index in [1.54, 1.807) is 0 Å². The molecule has 1 fully saturated rings. The van der Waals surface area contributed by atoms with Crippen LogP contribution in [0.4, 0.5) is 0 Å². The molecular formula is C15H21NO2. The van der Waals surface area contributed by atoms with Crippen LogP contribution in [0, 0.1) is 0 Å². The fourth-order valence-electron chi connectivity index (χ4n) is 2.91. The van der Waals surface area contributed by atoms with Crippen molar-refractivity contribution in [1.29, 1.82) is 0 Å². The number of fused-ring (bicyclic) bond motifs is 1. The third kappa shape index (κ3) is 2.38. The lowest BCUT2D eigenvalue weighted by molar-refractivity contribution is 0.0264. The second-order valence-electron chi connectivity index (χ2n) is 5.46. The van der Waals surface area contributed by atoms with Gasteiger partial charge < -0.3 is 15.2 Å². The minimum atomic E-state index is 0.216. The maximum absolute atomic E-state index is 6.02. The Morgan fingerprint density at radius 3 is 3.00 bits per heavy atom. The Balaban J connectivity index is 1.60. The summed E-state index contributed by atoms with van der Waals surface area (Å²) in [6.07, 6.45) is 5.03. The minimum Gasteiger partial charge on any atom is -0.491 e. The van der Waals surface area contributed by atoms with Crippen LogP contribution in [0.1, 0.15) is 43.4 Å². The van der Waals surface area contributed by atoms with E-state index in [2.05, 4.69) is 19.1 Å². The highest BCUT2D eigenvalue weighted by Crippen LogP contribution is 2.32. The average molecular weight is 247 g/mol. The monoisotopic (exact) mass is 247 g/mol. The van der Waals surface area contributed by atoms with Crippen molar-refractivity contribution in [2.75, 3.05) is 6.61 Å². The molecule has 2 aliphatic rings. The van der Waals surface area contributed by atoms with E-state index in [0.717, 1.165) is 31.4 Å². The third-order valence-corrected chi connectivity index (χ3v) is 3.99. The molecule has 0 aromatic heterocycles. The van der Waals surface area contributed by atoms with Gasteiger partial charge in [-0.1, -0.05) is 6.07 Å². The van der Waals surface area contributed by atoms with Gasteiger partial charge in [0.15, 0.2) is 0 Å². The Morgan fingerprint density at radius 2 is 2.22 bits per heavy atom. The molecule has 1 aromatic carbocycles. The zero-order chi connectivity index (χ0) is 12.5. The number of rotatable bonds is 3. The van der Waals surface area contributed by atoms with Gasteiger partial charge in [0.05, 0.1) is 12.2 Å². The molecule has 2 N–H and O–H groups in total. The lowest BCUT2D eigenvalue weighted by Gasteiger charge is -2.13. The summed E-state index contributed by atoms with van der Waals surface area (Å²) in [5, 5.41) is 0. The molecule has 3 nitrogen and oxygen atoms in total. The molecule has 2 unspecified atom stereocenters. The van der Waals surface area contributed by atoms with Crippen LogP contribution in [-0.2, 0) is 11.2 Å². The molecule has 0 bridgehead atoms. The number of benzene rings is 1. The van der Waals surface area contributed by atoms with E-state index in [-0.39, 0.29) is 12.1 Å². The molecule has 3 rings (SSSR count). The van der Waals surface area contributed by atoms with Gasteiger partial charge in [0.1, 0.15) is 12.4 Å². The largest absolute Gasteiger partial charge is 0.491 e. The van der Waals surface area contributed by atoms with Crippen molar-refractivity contribution >= 4 is 0 Å². The molecule has 3 atom stereocenters. The highest BCUT2D eigenvalue weighted by molar-refractivity contribution is 5.40. The van der Waals surface area contributed by atoms with Crippen molar-refractivity contribution in [3.05, 3.63) is 29.3 Å². The van der Waals surface area contributed by atoms with Crippen LogP contribution in [0.3, 0.4) is 0 Å². The van der Waals surface area contributed by atoms with Gasteiger partial charge in [-0.05, 0) is 55.9 Å². The van der Waals surface area contributed by atoms with Crippen molar-refractivity contribution in [2.45, 2.75) is 50.9 Å². The number of nitrogens with two attached hydrogens (primary N) is 1. The van der Waals surface area contributed by atoms with Crippen LogP contribution in [0.5, 0.6) is 5.75 Å². The topological polar surface area (TPSA) is 44.5 Å². The van der Waals surface area contributed by atoms with Crippen molar-refractivity contribution in [3.8, 4) is 5.75 Å². The Morgan fingerprint density at radius 1 is 1.33 bits per heavy atom. The maximum atomic E-state index is 6.02. The molecule has 3 heteroatoms. The first kappa shape index (κ1) is 12.0.